The number of hydrogen-bond donors (Lipinski definition) is 0. The Kier molecular flexibility index (Phi) is 6.13. The van der Waals surface area contributed by atoms with Crippen molar-refractivity contribution in [3.05, 3.63) is 0 Å². The van der Waals surface area contributed by atoms with Crippen molar-refractivity contribution in [1.29, 1.82) is 0 Å². The van der Waals surface area contributed by atoms with Crippen molar-refractivity contribution in [3.8, 4) is 0 Å². The molecular formula is C19H36N2. The molecule has 3 atom stereocenters. The molecule has 2 nitrogen and oxygen atoms in total. The molecule has 0 bridgehead atoms. The SMILES string of the molecule is CC1CCCCCCC2C(C/C(=N\C(C)C)N2C(C)C)C1. The fourth-order valence-corrected chi connectivity index (χ4v) is 4.44. The lowest BCUT2D eigenvalue weighted by molar-refractivity contribution is 0.193. The predicted octanol–water partition coefficient (Wildman–Crippen LogP) is 5.27. The maximum atomic E-state index is 4.98. The van der Waals surface area contributed by atoms with Crippen molar-refractivity contribution in [2.75, 3.05) is 0 Å². The van der Waals surface area contributed by atoms with Crippen LogP contribution in [-0.4, -0.2) is 28.9 Å². The van der Waals surface area contributed by atoms with E-state index in [-0.39, 0.29) is 0 Å². The Labute approximate surface area is 132 Å². The number of amidine groups is 1. The molecule has 0 amide bonds. The molecule has 1 saturated carbocycles. The van der Waals surface area contributed by atoms with Crippen LogP contribution in [-0.2, 0) is 0 Å². The summed E-state index contributed by atoms with van der Waals surface area (Å²) >= 11 is 0. The Hall–Kier alpha value is -0.530. The van der Waals surface area contributed by atoms with Gasteiger partial charge < -0.3 is 4.90 Å². The van der Waals surface area contributed by atoms with Gasteiger partial charge >= 0.3 is 0 Å². The van der Waals surface area contributed by atoms with E-state index in [1.807, 2.05) is 0 Å². The third kappa shape index (κ3) is 4.47. The molecule has 0 radical (unpaired) electrons. The van der Waals surface area contributed by atoms with E-state index in [2.05, 4.69) is 39.5 Å². The van der Waals surface area contributed by atoms with Gasteiger partial charge in [0.1, 0.15) is 5.84 Å². The number of nitrogens with zero attached hydrogens (tertiary/aromatic N) is 2. The minimum atomic E-state index is 0.425. The van der Waals surface area contributed by atoms with Crippen LogP contribution in [0.25, 0.3) is 0 Å². The van der Waals surface area contributed by atoms with E-state index < -0.39 is 0 Å². The van der Waals surface area contributed by atoms with Crippen molar-refractivity contribution in [3.63, 3.8) is 0 Å². The summed E-state index contributed by atoms with van der Waals surface area (Å²) in [6, 6.07) is 1.77. The minimum Gasteiger partial charge on any atom is -0.355 e. The topological polar surface area (TPSA) is 15.6 Å². The molecular weight excluding hydrogens is 256 g/mol. The maximum Gasteiger partial charge on any atom is 0.100 e. The summed E-state index contributed by atoms with van der Waals surface area (Å²) in [7, 11) is 0. The Balaban J connectivity index is 2.20. The van der Waals surface area contributed by atoms with Gasteiger partial charge in [-0.3, -0.25) is 4.99 Å². The molecule has 3 unspecified atom stereocenters. The van der Waals surface area contributed by atoms with Crippen LogP contribution in [0, 0.1) is 11.8 Å². The van der Waals surface area contributed by atoms with Crippen LogP contribution < -0.4 is 0 Å². The molecule has 0 aromatic rings. The molecule has 1 aliphatic heterocycles. The fourth-order valence-electron chi connectivity index (χ4n) is 4.44. The fraction of sp³-hybridized carbons (Fsp3) is 0.947. The molecule has 0 spiro atoms. The second-order valence-electron chi connectivity index (χ2n) is 8.00. The third-order valence-corrected chi connectivity index (χ3v) is 5.26. The Morgan fingerprint density at radius 2 is 1.67 bits per heavy atom. The number of aliphatic imine (C=N–C) groups is 1. The first-order valence-electron chi connectivity index (χ1n) is 9.34. The average Bonchev–Trinajstić information content (AvgIpc) is 2.70. The molecule has 1 saturated heterocycles. The van der Waals surface area contributed by atoms with Gasteiger partial charge in [0, 0.05) is 24.5 Å². The lowest BCUT2D eigenvalue weighted by atomic mass is 9.83. The van der Waals surface area contributed by atoms with E-state index in [0.29, 0.717) is 12.1 Å². The summed E-state index contributed by atoms with van der Waals surface area (Å²) in [5.41, 5.74) is 0. The summed E-state index contributed by atoms with van der Waals surface area (Å²) in [6.07, 6.45) is 11.2. The Bertz CT molecular complexity index is 345. The minimum absolute atomic E-state index is 0.425. The summed E-state index contributed by atoms with van der Waals surface area (Å²) in [4.78, 5) is 7.66. The van der Waals surface area contributed by atoms with Gasteiger partial charge in [0.05, 0.1) is 0 Å². The van der Waals surface area contributed by atoms with E-state index >= 15 is 0 Å². The quantitative estimate of drug-likeness (QED) is 0.676. The van der Waals surface area contributed by atoms with E-state index in [0.717, 1.165) is 17.9 Å². The van der Waals surface area contributed by atoms with Crippen molar-refractivity contribution in [2.24, 2.45) is 16.8 Å². The van der Waals surface area contributed by atoms with Gasteiger partial charge in [0.25, 0.3) is 0 Å². The van der Waals surface area contributed by atoms with E-state index in [1.54, 1.807) is 0 Å². The van der Waals surface area contributed by atoms with Gasteiger partial charge in [-0.2, -0.15) is 0 Å². The van der Waals surface area contributed by atoms with E-state index in [9.17, 15) is 0 Å². The molecule has 0 N–H and O–H groups in total. The number of rotatable bonds is 2. The molecule has 2 fully saturated rings. The van der Waals surface area contributed by atoms with Crippen LogP contribution in [0.3, 0.4) is 0 Å². The highest BCUT2D eigenvalue weighted by Crippen LogP contribution is 2.37. The van der Waals surface area contributed by atoms with Crippen molar-refractivity contribution in [1.82, 2.24) is 4.90 Å². The molecule has 2 aliphatic rings. The first-order valence-corrected chi connectivity index (χ1v) is 9.34. The van der Waals surface area contributed by atoms with Crippen molar-refractivity contribution in [2.45, 2.75) is 104 Å². The zero-order chi connectivity index (χ0) is 15.4. The van der Waals surface area contributed by atoms with Crippen LogP contribution in [0.5, 0.6) is 0 Å². The van der Waals surface area contributed by atoms with Crippen LogP contribution in [0.1, 0.15) is 86.0 Å². The standard InChI is InChI=1S/C19H36N2/c1-14(2)20-19-13-17-12-16(5)10-8-6-7-9-11-18(17)21(19)15(3)4/h14-18H,6-13H2,1-5H3/b20-19+. The molecule has 0 aromatic carbocycles. The lowest BCUT2D eigenvalue weighted by Gasteiger charge is -2.34. The van der Waals surface area contributed by atoms with Crippen molar-refractivity contribution >= 4 is 5.84 Å². The average molecular weight is 293 g/mol. The summed E-state index contributed by atoms with van der Waals surface area (Å²) in [6.45, 7) is 11.6. The van der Waals surface area contributed by atoms with Gasteiger partial charge in [0.15, 0.2) is 0 Å². The first-order chi connectivity index (χ1) is 9.99. The molecule has 2 heteroatoms. The molecule has 1 heterocycles. The number of hydrogen-bond acceptors (Lipinski definition) is 1. The summed E-state index contributed by atoms with van der Waals surface area (Å²) in [5.74, 6) is 3.14. The molecule has 122 valence electrons. The highest BCUT2D eigenvalue weighted by molar-refractivity contribution is 5.85. The second-order valence-corrected chi connectivity index (χ2v) is 8.00. The van der Waals surface area contributed by atoms with Gasteiger partial charge in [-0.05, 0) is 52.4 Å². The van der Waals surface area contributed by atoms with Crippen molar-refractivity contribution < 1.29 is 0 Å². The monoisotopic (exact) mass is 292 g/mol. The highest BCUT2D eigenvalue weighted by atomic mass is 15.3. The first kappa shape index (κ1) is 16.8. The van der Waals surface area contributed by atoms with Crippen LogP contribution >= 0.6 is 0 Å². The van der Waals surface area contributed by atoms with Gasteiger partial charge in [-0.15, -0.1) is 0 Å². The van der Waals surface area contributed by atoms with Crippen LogP contribution in [0.15, 0.2) is 4.99 Å². The molecule has 2 rings (SSSR count). The molecule has 0 aromatic heterocycles. The zero-order valence-corrected chi connectivity index (χ0v) is 14.9. The molecule has 21 heavy (non-hydrogen) atoms. The Morgan fingerprint density at radius 1 is 1.00 bits per heavy atom. The van der Waals surface area contributed by atoms with Gasteiger partial charge in [0.2, 0.25) is 0 Å². The number of likely N-dealkylation sites (tertiary alicyclic amines) is 1. The maximum absolute atomic E-state index is 4.98. The zero-order valence-electron chi connectivity index (χ0n) is 14.9. The third-order valence-electron chi connectivity index (χ3n) is 5.26. The van der Waals surface area contributed by atoms with E-state index in [4.69, 9.17) is 4.99 Å². The highest BCUT2D eigenvalue weighted by Gasteiger charge is 2.39. The predicted molar refractivity (Wildman–Crippen MR) is 92.9 cm³/mol. The van der Waals surface area contributed by atoms with Gasteiger partial charge in [-0.1, -0.05) is 39.0 Å². The van der Waals surface area contributed by atoms with Crippen LogP contribution in [0.4, 0.5) is 0 Å². The lowest BCUT2D eigenvalue weighted by Crippen LogP contribution is -2.41. The summed E-state index contributed by atoms with van der Waals surface area (Å²) in [5, 5.41) is 0. The van der Waals surface area contributed by atoms with Crippen LogP contribution in [0.2, 0.25) is 0 Å². The smallest absolute Gasteiger partial charge is 0.100 e. The molecule has 1 aliphatic carbocycles. The van der Waals surface area contributed by atoms with Gasteiger partial charge in [-0.25, -0.2) is 0 Å². The second kappa shape index (κ2) is 7.65. The normalized spacial score (nSPS) is 33.8. The summed E-state index contributed by atoms with van der Waals surface area (Å²) < 4.78 is 0. The number of fused-ring (bicyclic) bond motifs is 1. The van der Waals surface area contributed by atoms with E-state index in [1.165, 1.54) is 57.2 Å². The largest absolute Gasteiger partial charge is 0.355 e. The Morgan fingerprint density at radius 3 is 2.29 bits per heavy atom.